The molecule has 1 fully saturated rings. The maximum Gasteiger partial charge on any atom is 0.323 e. The minimum atomic E-state index is -0.410. The number of methoxy groups -OCH3 is 1. The third-order valence-corrected chi connectivity index (χ3v) is 6.92. The molecule has 5 atom stereocenters. The highest BCUT2D eigenvalue weighted by Crippen LogP contribution is 2.55. The zero-order valence-electron chi connectivity index (χ0n) is 18.3. The molecular formula is C22H39NO5. The molecule has 6 nitrogen and oxygen atoms in total. The second kappa shape index (κ2) is 10.2. The summed E-state index contributed by atoms with van der Waals surface area (Å²) in [6.07, 6.45) is 7.16. The fraction of sp³-hybridized carbons (Fsp3) is 0.864. The van der Waals surface area contributed by atoms with Crippen molar-refractivity contribution in [1.82, 2.24) is 5.32 Å². The van der Waals surface area contributed by atoms with Gasteiger partial charge >= 0.3 is 5.97 Å². The molecule has 2 aliphatic rings. The van der Waals surface area contributed by atoms with Crippen LogP contribution in [-0.2, 0) is 19.0 Å². The number of aliphatic hydroxyl groups excluding tert-OH is 1. The summed E-state index contributed by atoms with van der Waals surface area (Å²) in [5, 5.41) is 13.4. The number of fused-ring (bicyclic) bond motifs is 1. The molecule has 2 rings (SSSR count). The van der Waals surface area contributed by atoms with Crippen molar-refractivity contribution in [3.8, 4) is 0 Å². The van der Waals surface area contributed by atoms with Gasteiger partial charge in [0, 0.05) is 31.2 Å². The normalized spacial score (nSPS) is 34.1. The van der Waals surface area contributed by atoms with Gasteiger partial charge in [-0.25, -0.2) is 0 Å². The largest absolute Gasteiger partial charge is 0.464 e. The molecule has 1 aliphatic heterocycles. The van der Waals surface area contributed by atoms with Gasteiger partial charge in [0.2, 0.25) is 0 Å². The van der Waals surface area contributed by atoms with E-state index in [0.717, 1.165) is 32.1 Å². The van der Waals surface area contributed by atoms with E-state index >= 15 is 0 Å². The minimum absolute atomic E-state index is 0.0628. The van der Waals surface area contributed by atoms with Crippen LogP contribution in [0.1, 0.15) is 59.3 Å². The number of carbonyl (C=O) groups is 1. The van der Waals surface area contributed by atoms with Crippen LogP contribution in [0.25, 0.3) is 0 Å². The molecule has 0 aromatic carbocycles. The van der Waals surface area contributed by atoms with Gasteiger partial charge in [0.1, 0.15) is 12.6 Å². The maximum absolute atomic E-state index is 12.8. The van der Waals surface area contributed by atoms with Crippen molar-refractivity contribution >= 4 is 5.97 Å². The summed E-state index contributed by atoms with van der Waals surface area (Å²) in [4.78, 5) is 12.8. The number of hydrogen-bond donors (Lipinski definition) is 2. The molecule has 6 heteroatoms. The van der Waals surface area contributed by atoms with E-state index in [-0.39, 0.29) is 42.8 Å². The Morgan fingerprint density at radius 2 is 2.21 bits per heavy atom. The van der Waals surface area contributed by atoms with Crippen LogP contribution < -0.4 is 5.32 Å². The fourth-order valence-corrected chi connectivity index (χ4v) is 4.64. The number of ether oxygens (including phenoxy) is 3. The number of carbonyl (C=O) groups excluding carboxylic acids is 1. The van der Waals surface area contributed by atoms with Crippen LogP contribution in [0.3, 0.4) is 0 Å². The predicted molar refractivity (Wildman–Crippen MR) is 109 cm³/mol. The van der Waals surface area contributed by atoms with Gasteiger partial charge in [-0.15, -0.1) is 0 Å². The number of hydrogen-bond acceptors (Lipinski definition) is 6. The monoisotopic (exact) mass is 397 g/mol. The number of esters is 1. The van der Waals surface area contributed by atoms with Gasteiger partial charge in [0.15, 0.2) is 0 Å². The average Bonchev–Trinajstić information content (AvgIpc) is 2.78. The lowest BCUT2D eigenvalue weighted by Gasteiger charge is -2.51. The summed E-state index contributed by atoms with van der Waals surface area (Å²) in [6.45, 7) is 7.29. The third kappa shape index (κ3) is 4.96. The quantitative estimate of drug-likeness (QED) is 0.354. The van der Waals surface area contributed by atoms with E-state index in [2.05, 4.69) is 32.2 Å². The molecule has 1 heterocycles. The zero-order valence-corrected chi connectivity index (χ0v) is 18.3. The molecule has 162 valence electrons. The molecule has 0 saturated carbocycles. The highest BCUT2D eigenvalue weighted by atomic mass is 16.5. The first-order valence-corrected chi connectivity index (χ1v) is 10.6. The zero-order chi connectivity index (χ0) is 20.8. The minimum Gasteiger partial charge on any atom is -0.464 e. The Morgan fingerprint density at radius 3 is 2.86 bits per heavy atom. The van der Waals surface area contributed by atoms with Gasteiger partial charge in [-0.2, -0.15) is 0 Å². The van der Waals surface area contributed by atoms with Crippen molar-refractivity contribution in [2.45, 2.75) is 77.5 Å². The number of allylic oxidation sites excluding steroid dienone is 1. The third-order valence-electron chi connectivity index (χ3n) is 6.92. The molecule has 28 heavy (non-hydrogen) atoms. The molecule has 0 spiro atoms. The summed E-state index contributed by atoms with van der Waals surface area (Å²) >= 11 is 0. The average molecular weight is 398 g/mol. The molecule has 4 unspecified atom stereocenters. The fourth-order valence-electron chi connectivity index (χ4n) is 4.64. The second-order valence-electron chi connectivity index (χ2n) is 8.88. The van der Waals surface area contributed by atoms with Gasteiger partial charge < -0.3 is 24.6 Å². The lowest BCUT2D eigenvalue weighted by molar-refractivity contribution is -0.168. The van der Waals surface area contributed by atoms with Crippen LogP contribution in [0.2, 0.25) is 0 Å². The first-order valence-electron chi connectivity index (χ1n) is 10.6. The summed E-state index contributed by atoms with van der Waals surface area (Å²) in [5.74, 6) is -0.240. The predicted octanol–water partition coefficient (Wildman–Crippen LogP) is 2.84. The molecule has 0 radical (unpaired) electrons. The Balaban J connectivity index is 2.20. The van der Waals surface area contributed by atoms with Gasteiger partial charge in [-0.1, -0.05) is 18.6 Å². The summed E-state index contributed by atoms with van der Waals surface area (Å²) in [6, 6.07) is -0.350. The molecular weight excluding hydrogens is 358 g/mol. The van der Waals surface area contributed by atoms with Crippen molar-refractivity contribution in [2.24, 2.45) is 10.8 Å². The molecule has 0 aromatic heterocycles. The Morgan fingerprint density at radius 1 is 1.46 bits per heavy atom. The standard InChI is InChI=1S/C22H39NO5/c1-16-8-11-22(15-27-20(25)18(23-4)7-6-12-26-5)19(13-16)28-17(2)9-10-21(22,3)14-24/h13,17-19,23-24H,6-12,14-15H2,1-5H3/t17?,18?,19?,21?,22-/m1/s1. The van der Waals surface area contributed by atoms with Crippen LogP contribution >= 0.6 is 0 Å². The highest BCUT2D eigenvalue weighted by Gasteiger charge is 2.56. The SMILES string of the molecule is CNC(CCCOC)C(=O)OC[C@]12CCC(C)=CC1OC(C)CCC2(C)CO. The van der Waals surface area contributed by atoms with E-state index < -0.39 is 5.41 Å². The van der Waals surface area contributed by atoms with E-state index in [1.54, 1.807) is 14.2 Å². The van der Waals surface area contributed by atoms with E-state index in [1.165, 1.54) is 5.57 Å². The molecule has 0 aromatic rings. The first kappa shape index (κ1) is 23.3. The lowest BCUT2D eigenvalue weighted by atomic mass is 9.56. The summed E-state index contributed by atoms with van der Waals surface area (Å²) in [5.41, 5.74) is 0.534. The number of nitrogens with one attached hydrogen (secondary N) is 1. The van der Waals surface area contributed by atoms with Crippen molar-refractivity contribution in [2.75, 3.05) is 34.0 Å². The first-order chi connectivity index (χ1) is 13.3. The van der Waals surface area contributed by atoms with Gasteiger partial charge in [0.05, 0.1) is 12.2 Å². The van der Waals surface area contributed by atoms with E-state index in [9.17, 15) is 9.90 Å². The Bertz CT molecular complexity index is 551. The lowest BCUT2D eigenvalue weighted by Crippen LogP contribution is -2.55. The van der Waals surface area contributed by atoms with E-state index in [4.69, 9.17) is 14.2 Å². The number of likely N-dealkylation sites (N-methyl/N-ethyl adjacent to an activating group) is 1. The smallest absolute Gasteiger partial charge is 0.323 e. The summed E-state index contributed by atoms with van der Waals surface area (Å²) in [7, 11) is 3.44. The van der Waals surface area contributed by atoms with Gasteiger partial charge in [0.25, 0.3) is 0 Å². The molecule has 1 saturated heterocycles. The molecule has 0 bridgehead atoms. The molecule has 2 N–H and O–H groups in total. The Labute approximate surface area is 170 Å². The number of aliphatic hydroxyl groups is 1. The number of rotatable bonds is 9. The van der Waals surface area contributed by atoms with Crippen molar-refractivity contribution in [3.63, 3.8) is 0 Å². The van der Waals surface area contributed by atoms with Crippen LogP contribution in [0.4, 0.5) is 0 Å². The summed E-state index contributed by atoms with van der Waals surface area (Å²) < 4.78 is 17.3. The highest BCUT2D eigenvalue weighted by molar-refractivity contribution is 5.75. The van der Waals surface area contributed by atoms with E-state index in [0.29, 0.717) is 13.0 Å². The van der Waals surface area contributed by atoms with Crippen LogP contribution in [0, 0.1) is 10.8 Å². The van der Waals surface area contributed by atoms with Crippen molar-refractivity contribution in [1.29, 1.82) is 0 Å². The molecule has 0 amide bonds. The van der Waals surface area contributed by atoms with Crippen LogP contribution in [-0.4, -0.2) is 63.3 Å². The maximum atomic E-state index is 12.8. The second-order valence-corrected chi connectivity index (χ2v) is 8.88. The van der Waals surface area contributed by atoms with Crippen molar-refractivity contribution < 1.29 is 24.1 Å². The van der Waals surface area contributed by atoms with E-state index in [1.807, 2.05) is 0 Å². The Kier molecular flexibility index (Phi) is 8.49. The van der Waals surface area contributed by atoms with Crippen molar-refractivity contribution in [3.05, 3.63) is 11.6 Å². The topological polar surface area (TPSA) is 77.0 Å². The Hall–Kier alpha value is -0.950. The van der Waals surface area contributed by atoms with Gasteiger partial charge in [-0.05, 0) is 59.4 Å². The van der Waals surface area contributed by atoms with Crippen LogP contribution in [0.15, 0.2) is 11.6 Å². The van der Waals surface area contributed by atoms with Gasteiger partial charge in [-0.3, -0.25) is 4.79 Å². The van der Waals surface area contributed by atoms with Crippen LogP contribution in [0.5, 0.6) is 0 Å². The molecule has 1 aliphatic carbocycles.